The molecule has 0 aliphatic carbocycles. The van der Waals surface area contributed by atoms with Crippen molar-refractivity contribution in [1.29, 1.82) is 0 Å². The number of nitrogens with zero attached hydrogens (tertiary/aromatic N) is 3. The quantitative estimate of drug-likeness (QED) is 0.538. The van der Waals surface area contributed by atoms with Crippen LogP contribution in [0.25, 0.3) is 11.2 Å². The fourth-order valence-corrected chi connectivity index (χ4v) is 3.27. The molecule has 7 heteroatoms. The molecule has 0 saturated carbocycles. The van der Waals surface area contributed by atoms with Gasteiger partial charge in [0.15, 0.2) is 11.2 Å². The molecule has 0 aliphatic heterocycles. The van der Waals surface area contributed by atoms with Gasteiger partial charge in [0.2, 0.25) is 0 Å². The lowest BCUT2D eigenvalue weighted by molar-refractivity contribution is 0.627. The molecule has 2 N–H and O–H groups in total. The Morgan fingerprint density at radius 2 is 1.57 bits per heavy atom. The van der Waals surface area contributed by atoms with Gasteiger partial charge in [-0.2, -0.15) is 0 Å². The van der Waals surface area contributed by atoms with E-state index in [0.29, 0.717) is 36.6 Å². The van der Waals surface area contributed by atoms with Crippen LogP contribution in [-0.4, -0.2) is 19.1 Å². The molecule has 2 heterocycles. The molecular formula is C21H21N5O2. The zero-order valence-electron chi connectivity index (χ0n) is 15.6. The van der Waals surface area contributed by atoms with Gasteiger partial charge >= 0.3 is 5.69 Å². The fourth-order valence-electron chi connectivity index (χ4n) is 3.27. The summed E-state index contributed by atoms with van der Waals surface area (Å²) in [6, 6.07) is 20.0. The van der Waals surface area contributed by atoms with Crippen molar-refractivity contribution in [2.45, 2.75) is 19.6 Å². The minimum Gasteiger partial charge on any atom is -0.317 e. The van der Waals surface area contributed by atoms with E-state index in [0.717, 1.165) is 5.56 Å². The molecule has 0 bridgehead atoms. The number of nitrogens with one attached hydrogen (secondary N) is 2. The van der Waals surface area contributed by atoms with Crippen molar-refractivity contribution in [3.05, 3.63) is 98.5 Å². The van der Waals surface area contributed by atoms with Gasteiger partial charge in [0.1, 0.15) is 5.82 Å². The highest BCUT2D eigenvalue weighted by atomic mass is 16.2. The number of benzene rings is 2. The van der Waals surface area contributed by atoms with Crippen molar-refractivity contribution in [3.63, 3.8) is 0 Å². The molecule has 28 heavy (non-hydrogen) atoms. The van der Waals surface area contributed by atoms with E-state index in [2.05, 4.69) is 15.3 Å². The Bertz CT molecular complexity index is 1210. The molecule has 0 radical (unpaired) electrons. The Labute approximate surface area is 161 Å². The predicted molar refractivity (Wildman–Crippen MR) is 108 cm³/mol. The number of H-pyrrole nitrogens is 1. The minimum absolute atomic E-state index is 0.390. The van der Waals surface area contributed by atoms with E-state index in [9.17, 15) is 9.59 Å². The molecule has 0 spiro atoms. The van der Waals surface area contributed by atoms with Gasteiger partial charge in [-0.3, -0.25) is 14.3 Å². The molecule has 0 aliphatic rings. The van der Waals surface area contributed by atoms with Crippen LogP contribution >= 0.6 is 0 Å². The number of aromatic nitrogens is 4. The second-order valence-electron chi connectivity index (χ2n) is 6.68. The van der Waals surface area contributed by atoms with E-state index in [1.54, 1.807) is 7.05 Å². The number of hydrogen-bond acceptors (Lipinski definition) is 4. The molecule has 0 amide bonds. The lowest BCUT2D eigenvalue weighted by atomic mass is 10.2. The summed E-state index contributed by atoms with van der Waals surface area (Å²) in [5.41, 5.74) is 2.13. The average Bonchev–Trinajstić information content (AvgIpc) is 3.07. The van der Waals surface area contributed by atoms with E-state index in [4.69, 9.17) is 0 Å². The van der Waals surface area contributed by atoms with E-state index in [1.807, 2.05) is 65.2 Å². The topological polar surface area (TPSA) is 84.7 Å². The van der Waals surface area contributed by atoms with Crippen molar-refractivity contribution in [3.8, 4) is 0 Å². The monoisotopic (exact) mass is 375 g/mol. The first-order valence-corrected chi connectivity index (χ1v) is 9.10. The summed E-state index contributed by atoms with van der Waals surface area (Å²) < 4.78 is 3.25. The number of fused-ring (bicyclic) bond motifs is 1. The van der Waals surface area contributed by atoms with Crippen molar-refractivity contribution >= 4 is 11.2 Å². The number of imidazole rings is 1. The molecule has 4 aromatic rings. The molecule has 0 fully saturated rings. The third-order valence-corrected chi connectivity index (χ3v) is 4.72. The van der Waals surface area contributed by atoms with Crippen LogP contribution in [0.5, 0.6) is 0 Å². The highest BCUT2D eigenvalue weighted by Crippen LogP contribution is 2.14. The Morgan fingerprint density at radius 3 is 2.25 bits per heavy atom. The van der Waals surface area contributed by atoms with Gasteiger partial charge in [0, 0.05) is 20.1 Å². The first kappa shape index (κ1) is 17.9. The van der Waals surface area contributed by atoms with Crippen LogP contribution in [0.1, 0.15) is 17.0 Å². The number of rotatable bonds is 6. The van der Waals surface area contributed by atoms with Gasteiger partial charge in [-0.05, 0) is 11.1 Å². The molecule has 0 atom stereocenters. The SMILES string of the molecule is Cn1c(=O)[nH]c(=O)c2c1nc(CNCc1ccccc1)n2Cc1ccccc1. The van der Waals surface area contributed by atoms with Crippen molar-refractivity contribution in [2.75, 3.05) is 0 Å². The van der Waals surface area contributed by atoms with Gasteiger partial charge in [-0.25, -0.2) is 9.78 Å². The van der Waals surface area contributed by atoms with Crippen LogP contribution in [-0.2, 0) is 26.7 Å². The summed E-state index contributed by atoms with van der Waals surface area (Å²) in [5.74, 6) is 0.710. The van der Waals surface area contributed by atoms with Crippen LogP contribution in [0.2, 0.25) is 0 Å². The van der Waals surface area contributed by atoms with Crippen molar-refractivity contribution < 1.29 is 0 Å². The molecule has 2 aromatic carbocycles. The smallest absolute Gasteiger partial charge is 0.317 e. The van der Waals surface area contributed by atoms with Gasteiger partial charge in [0.05, 0.1) is 6.54 Å². The molecule has 2 aromatic heterocycles. The van der Waals surface area contributed by atoms with E-state index >= 15 is 0 Å². The Kier molecular flexibility index (Phi) is 4.90. The Hall–Kier alpha value is -3.45. The lowest BCUT2D eigenvalue weighted by Gasteiger charge is -2.10. The predicted octanol–water partition coefficient (Wildman–Crippen LogP) is 1.76. The van der Waals surface area contributed by atoms with E-state index in [1.165, 1.54) is 10.1 Å². The van der Waals surface area contributed by atoms with Crippen LogP contribution < -0.4 is 16.6 Å². The standard InChI is InChI=1S/C21H21N5O2/c1-25-19-18(20(27)24-21(25)28)26(14-16-10-6-3-7-11-16)17(23-19)13-22-12-15-8-4-2-5-9-15/h2-11,22H,12-14H2,1H3,(H,24,27,28). The first-order valence-electron chi connectivity index (χ1n) is 9.10. The third kappa shape index (κ3) is 3.52. The molecule has 0 unspecified atom stereocenters. The summed E-state index contributed by atoms with van der Waals surface area (Å²) in [7, 11) is 1.61. The number of aryl methyl sites for hydroxylation is 1. The lowest BCUT2D eigenvalue weighted by Crippen LogP contribution is -2.29. The minimum atomic E-state index is -0.467. The van der Waals surface area contributed by atoms with Crippen molar-refractivity contribution in [1.82, 2.24) is 24.4 Å². The second-order valence-corrected chi connectivity index (χ2v) is 6.68. The largest absolute Gasteiger partial charge is 0.329 e. The van der Waals surface area contributed by atoms with Crippen LogP contribution in [0.3, 0.4) is 0 Å². The molecule has 142 valence electrons. The molecule has 7 nitrogen and oxygen atoms in total. The van der Waals surface area contributed by atoms with E-state index in [-0.39, 0.29) is 0 Å². The zero-order chi connectivity index (χ0) is 19.5. The highest BCUT2D eigenvalue weighted by Gasteiger charge is 2.17. The maximum atomic E-state index is 12.5. The number of hydrogen-bond donors (Lipinski definition) is 2. The van der Waals surface area contributed by atoms with Crippen LogP contribution in [0.4, 0.5) is 0 Å². The van der Waals surface area contributed by atoms with E-state index < -0.39 is 11.2 Å². The summed E-state index contributed by atoms with van der Waals surface area (Å²) in [4.78, 5) is 31.5. The summed E-state index contributed by atoms with van der Waals surface area (Å²) in [6.45, 7) is 1.66. The average molecular weight is 375 g/mol. The zero-order valence-corrected chi connectivity index (χ0v) is 15.6. The summed E-state index contributed by atoms with van der Waals surface area (Å²) in [6.07, 6.45) is 0. The van der Waals surface area contributed by atoms with Crippen molar-refractivity contribution in [2.24, 2.45) is 7.05 Å². The first-order chi connectivity index (χ1) is 13.6. The van der Waals surface area contributed by atoms with Gasteiger partial charge < -0.3 is 9.88 Å². The van der Waals surface area contributed by atoms with Gasteiger partial charge in [-0.15, -0.1) is 0 Å². The van der Waals surface area contributed by atoms with Crippen LogP contribution in [0, 0.1) is 0 Å². The highest BCUT2D eigenvalue weighted by molar-refractivity contribution is 5.71. The summed E-state index contributed by atoms with van der Waals surface area (Å²) >= 11 is 0. The van der Waals surface area contributed by atoms with Gasteiger partial charge in [-0.1, -0.05) is 60.7 Å². The van der Waals surface area contributed by atoms with Crippen LogP contribution in [0.15, 0.2) is 70.3 Å². The molecule has 0 saturated heterocycles. The summed E-state index contributed by atoms with van der Waals surface area (Å²) in [5, 5.41) is 3.38. The van der Waals surface area contributed by atoms with Gasteiger partial charge in [0.25, 0.3) is 5.56 Å². The second kappa shape index (κ2) is 7.66. The molecule has 4 rings (SSSR count). The molecular weight excluding hydrogens is 354 g/mol. The normalized spacial score (nSPS) is 11.2. The maximum absolute atomic E-state index is 12.5. The number of aromatic amines is 1. The maximum Gasteiger partial charge on any atom is 0.329 e. The Balaban J connectivity index is 1.72. The fraction of sp³-hybridized carbons (Fsp3) is 0.190. The Morgan fingerprint density at radius 1 is 0.929 bits per heavy atom. The third-order valence-electron chi connectivity index (χ3n) is 4.72.